The number of sulfonamides is 1. The van der Waals surface area contributed by atoms with Gasteiger partial charge in [0.1, 0.15) is 10.7 Å². The summed E-state index contributed by atoms with van der Waals surface area (Å²) in [6, 6.07) is 3.43. The number of aromatic nitrogens is 2. The number of H-pyrrole nitrogens is 1. The van der Waals surface area contributed by atoms with Gasteiger partial charge >= 0.3 is 0 Å². The summed E-state index contributed by atoms with van der Waals surface area (Å²) in [6.45, 7) is 0.145. The standard InChI is InChI=1S/C11H11ClFN3O2S/c12-8-1-2-11(10(13)5-8)19(17,18)16-4-3-9-6-14-7-15-9/h1-2,5-7,16H,3-4H2,(H,14,15). The number of rotatable bonds is 5. The highest BCUT2D eigenvalue weighted by atomic mass is 35.5. The van der Waals surface area contributed by atoms with Crippen molar-refractivity contribution in [1.29, 1.82) is 0 Å². The minimum Gasteiger partial charge on any atom is -0.348 e. The summed E-state index contributed by atoms with van der Waals surface area (Å²) < 4.78 is 39.6. The maximum atomic E-state index is 13.5. The Morgan fingerprint density at radius 1 is 1.42 bits per heavy atom. The molecule has 0 saturated carbocycles. The number of aromatic amines is 1. The van der Waals surface area contributed by atoms with Crippen molar-refractivity contribution in [3.8, 4) is 0 Å². The predicted octanol–water partition coefficient (Wildman–Crippen LogP) is 1.72. The number of benzene rings is 1. The lowest BCUT2D eigenvalue weighted by Crippen LogP contribution is -2.26. The second-order valence-electron chi connectivity index (χ2n) is 3.80. The van der Waals surface area contributed by atoms with E-state index in [-0.39, 0.29) is 11.6 Å². The van der Waals surface area contributed by atoms with E-state index in [1.807, 2.05) is 0 Å². The summed E-state index contributed by atoms with van der Waals surface area (Å²) in [5.41, 5.74) is 0.791. The topological polar surface area (TPSA) is 74.8 Å². The highest BCUT2D eigenvalue weighted by Crippen LogP contribution is 2.18. The SMILES string of the molecule is O=S(=O)(NCCc1cnc[nH]1)c1ccc(Cl)cc1F. The highest BCUT2D eigenvalue weighted by Gasteiger charge is 2.18. The zero-order valence-electron chi connectivity index (χ0n) is 9.73. The lowest BCUT2D eigenvalue weighted by Gasteiger charge is -2.07. The fraction of sp³-hybridized carbons (Fsp3) is 0.182. The minimum absolute atomic E-state index is 0.145. The molecule has 0 aliphatic rings. The summed E-state index contributed by atoms with van der Waals surface area (Å²) in [6.07, 6.45) is 3.54. The van der Waals surface area contributed by atoms with Gasteiger partial charge in [-0.2, -0.15) is 0 Å². The van der Waals surface area contributed by atoms with Gasteiger partial charge in [-0.05, 0) is 18.2 Å². The molecule has 0 radical (unpaired) electrons. The van der Waals surface area contributed by atoms with Crippen LogP contribution in [0.5, 0.6) is 0 Å². The van der Waals surface area contributed by atoms with Gasteiger partial charge < -0.3 is 4.98 Å². The van der Waals surface area contributed by atoms with E-state index >= 15 is 0 Å². The maximum Gasteiger partial charge on any atom is 0.243 e. The van der Waals surface area contributed by atoms with Crippen LogP contribution < -0.4 is 4.72 Å². The average Bonchev–Trinajstić information content (AvgIpc) is 2.81. The van der Waals surface area contributed by atoms with Crippen molar-refractivity contribution in [2.75, 3.05) is 6.54 Å². The normalized spacial score (nSPS) is 11.7. The van der Waals surface area contributed by atoms with Crippen LogP contribution in [0.2, 0.25) is 5.02 Å². The molecule has 0 saturated heterocycles. The molecule has 1 aromatic heterocycles. The number of halogens is 2. The summed E-state index contributed by atoms with van der Waals surface area (Å²) in [7, 11) is -3.88. The van der Waals surface area contributed by atoms with Gasteiger partial charge in [0.25, 0.3) is 0 Å². The van der Waals surface area contributed by atoms with Crippen LogP contribution in [0, 0.1) is 5.82 Å². The monoisotopic (exact) mass is 303 g/mol. The van der Waals surface area contributed by atoms with Gasteiger partial charge in [-0.3, -0.25) is 0 Å². The molecule has 1 aromatic carbocycles. The van der Waals surface area contributed by atoms with Gasteiger partial charge in [0.05, 0.1) is 6.33 Å². The van der Waals surface area contributed by atoms with Gasteiger partial charge in [0.2, 0.25) is 10.0 Å². The number of imidazole rings is 1. The molecule has 0 fully saturated rings. The first-order chi connectivity index (χ1) is 8.99. The second-order valence-corrected chi connectivity index (χ2v) is 5.97. The van der Waals surface area contributed by atoms with Gasteiger partial charge in [0, 0.05) is 29.9 Å². The Bertz CT molecular complexity index is 659. The van der Waals surface area contributed by atoms with Crippen LogP contribution in [-0.4, -0.2) is 24.9 Å². The first kappa shape index (κ1) is 14.0. The molecule has 8 heteroatoms. The fourth-order valence-electron chi connectivity index (χ4n) is 1.51. The zero-order chi connectivity index (χ0) is 13.9. The lowest BCUT2D eigenvalue weighted by molar-refractivity contribution is 0.557. The molecule has 0 spiro atoms. The van der Waals surface area contributed by atoms with Crippen LogP contribution in [0.3, 0.4) is 0 Å². The fourth-order valence-corrected chi connectivity index (χ4v) is 2.76. The van der Waals surface area contributed by atoms with Crippen LogP contribution >= 0.6 is 11.6 Å². The molecule has 2 N–H and O–H groups in total. The van der Waals surface area contributed by atoms with Crippen LogP contribution in [0.1, 0.15) is 5.69 Å². The predicted molar refractivity (Wildman–Crippen MR) is 68.9 cm³/mol. The largest absolute Gasteiger partial charge is 0.348 e. The molecule has 0 amide bonds. The molecule has 0 aliphatic heterocycles. The molecule has 0 unspecified atom stereocenters. The van der Waals surface area contributed by atoms with E-state index in [4.69, 9.17) is 11.6 Å². The number of hydrogen-bond acceptors (Lipinski definition) is 3. The van der Waals surface area contributed by atoms with Crippen molar-refractivity contribution in [2.24, 2.45) is 0 Å². The molecule has 2 aromatic rings. The molecule has 0 atom stereocenters. The van der Waals surface area contributed by atoms with Crippen LogP contribution in [0.25, 0.3) is 0 Å². The molecule has 0 bridgehead atoms. The summed E-state index contributed by atoms with van der Waals surface area (Å²) in [5, 5.41) is 0.147. The Balaban J connectivity index is 2.05. The van der Waals surface area contributed by atoms with E-state index in [2.05, 4.69) is 14.7 Å². The number of hydrogen-bond donors (Lipinski definition) is 2. The summed E-state index contributed by atoms with van der Waals surface area (Å²) in [4.78, 5) is 6.24. The van der Waals surface area contributed by atoms with Crippen molar-refractivity contribution < 1.29 is 12.8 Å². The highest BCUT2D eigenvalue weighted by molar-refractivity contribution is 7.89. The Morgan fingerprint density at radius 2 is 2.21 bits per heavy atom. The van der Waals surface area contributed by atoms with Crippen LogP contribution in [0.15, 0.2) is 35.6 Å². The maximum absolute atomic E-state index is 13.5. The third-order valence-electron chi connectivity index (χ3n) is 2.42. The van der Waals surface area contributed by atoms with Gasteiger partial charge in [-0.15, -0.1) is 0 Å². The first-order valence-corrected chi connectivity index (χ1v) is 7.27. The van der Waals surface area contributed by atoms with Crippen LogP contribution in [0.4, 0.5) is 4.39 Å². The third-order valence-corrected chi connectivity index (χ3v) is 4.15. The van der Waals surface area contributed by atoms with Crippen molar-refractivity contribution >= 4 is 21.6 Å². The Labute approximate surface area is 114 Å². The van der Waals surface area contributed by atoms with E-state index in [0.717, 1.165) is 17.8 Å². The Kier molecular flexibility index (Phi) is 4.18. The Hall–Kier alpha value is -1.44. The molecular weight excluding hydrogens is 293 g/mol. The second kappa shape index (κ2) is 5.68. The smallest absolute Gasteiger partial charge is 0.243 e. The van der Waals surface area contributed by atoms with Gasteiger partial charge in [-0.1, -0.05) is 11.6 Å². The Morgan fingerprint density at radius 3 is 2.84 bits per heavy atom. The van der Waals surface area contributed by atoms with Gasteiger partial charge in [-0.25, -0.2) is 22.5 Å². The summed E-state index contributed by atoms with van der Waals surface area (Å²) in [5.74, 6) is -0.874. The molecule has 5 nitrogen and oxygen atoms in total. The molecule has 2 rings (SSSR count). The molecule has 19 heavy (non-hydrogen) atoms. The third kappa shape index (κ3) is 3.52. The van der Waals surface area contributed by atoms with E-state index in [9.17, 15) is 12.8 Å². The zero-order valence-corrected chi connectivity index (χ0v) is 11.3. The molecular formula is C11H11ClFN3O2S. The van der Waals surface area contributed by atoms with E-state index < -0.39 is 20.7 Å². The van der Waals surface area contributed by atoms with Crippen molar-refractivity contribution in [3.05, 3.63) is 47.3 Å². The molecule has 1 heterocycles. The van der Waals surface area contributed by atoms with Crippen molar-refractivity contribution in [1.82, 2.24) is 14.7 Å². The first-order valence-electron chi connectivity index (χ1n) is 5.41. The van der Waals surface area contributed by atoms with E-state index in [0.29, 0.717) is 6.42 Å². The van der Waals surface area contributed by atoms with Crippen molar-refractivity contribution in [3.63, 3.8) is 0 Å². The molecule has 102 valence electrons. The molecule has 0 aliphatic carbocycles. The van der Waals surface area contributed by atoms with Gasteiger partial charge in [0.15, 0.2) is 0 Å². The minimum atomic E-state index is -3.88. The van der Waals surface area contributed by atoms with Crippen LogP contribution in [-0.2, 0) is 16.4 Å². The summed E-state index contributed by atoms with van der Waals surface area (Å²) >= 11 is 5.57. The quantitative estimate of drug-likeness (QED) is 0.883. The van der Waals surface area contributed by atoms with E-state index in [1.54, 1.807) is 6.20 Å². The lowest BCUT2D eigenvalue weighted by atomic mass is 10.3. The van der Waals surface area contributed by atoms with Crippen molar-refractivity contribution in [2.45, 2.75) is 11.3 Å². The number of nitrogens with zero attached hydrogens (tertiary/aromatic N) is 1. The van der Waals surface area contributed by atoms with E-state index in [1.165, 1.54) is 12.4 Å². The average molecular weight is 304 g/mol. The number of nitrogens with one attached hydrogen (secondary N) is 2.